The lowest BCUT2D eigenvalue weighted by atomic mass is 10.1. The maximum atomic E-state index is 12.7. The van der Waals surface area contributed by atoms with Crippen LogP contribution in [0.15, 0.2) is 99.7 Å². The zero-order valence-corrected chi connectivity index (χ0v) is 22.0. The number of nitrogens with one attached hydrogen (secondary N) is 1. The second-order valence-corrected chi connectivity index (χ2v) is 10.0. The fourth-order valence-corrected chi connectivity index (χ4v) is 5.00. The summed E-state index contributed by atoms with van der Waals surface area (Å²) in [5.74, 6) is -0.492. The molecule has 1 N–H and O–H groups in total. The molecule has 0 saturated carbocycles. The number of nitro benzene ring substituents is 1. The van der Waals surface area contributed by atoms with Crippen LogP contribution in [0, 0.1) is 10.1 Å². The smallest absolute Gasteiger partial charge is 0.339 e. The van der Waals surface area contributed by atoms with E-state index in [1.54, 1.807) is 12.1 Å². The number of ether oxygens (including phenoxy) is 1. The minimum Gasteiger partial charge on any atom is -0.493 e. The van der Waals surface area contributed by atoms with Crippen molar-refractivity contribution in [2.75, 3.05) is 7.11 Å². The zero-order valence-electron chi connectivity index (χ0n) is 19.6. The van der Waals surface area contributed by atoms with Gasteiger partial charge in [-0.1, -0.05) is 12.1 Å². The number of aromatic nitrogens is 1. The lowest BCUT2D eigenvalue weighted by Crippen LogP contribution is -2.19. The summed E-state index contributed by atoms with van der Waals surface area (Å²) in [6.07, 6.45) is 5.01. The maximum Gasteiger partial charge on any atom is 0.339 e. The van der Waals surface area contributed by atoms with Crippen LogP contribution in [0.5, 0.6) is 11.5 Å². The molecule has 11 nitrogen and oxygen atoms in total. The summed E-state index contributed by atoms with van der Waals surface area (Å²) >= 11 is 3.27. The van der Waals surface area contributed by atoms with Crippen molar-refractivity contribution >= 4 is 43.9 Å². The molecule has 3 aromatic carbocycles. The van der Waals surface area contributed by atoms with Gasteiger partial charge in [0.2, 0.25) is 0 Å². The number of nitro groups is 1. The van der Waals surface area contributed by atoms with Gasteiger partial charge in [-0.2, -0.15) is 13.5 Å². The van der Waals surface area contributed by atoms with E-state index in [4.69, 9.17) is 8.92 Å². The number of halogens is 1. The van der Waals surface area contributed by atoms with Crippen molar-refractivity contribution in [2.24, 2.45) is 5.10 Å². The number of hydrogen-bond donors (Lipinski definition) is 1. The highest BCUT2D eigenvalue weighted by Gasteiger charge is 2.23. The molecule has 0 atom stereocenters. The van der Waals surface area contributed by atoms with Gasteiger partial charge in [-0.25, -0.2) is 5.43 Å². The summed E-state index contributed by atoms with van der Waals surface area (Å²) in [5, 5.41) is 14.8. The van der Waals surface area contributed by atoms with Crippen LogP contribution in [0.4, 0.5) is 5.69 Å². The number of para-hydroxylation sites is 1. The molecule has 1 amide bonds. The Hall–Kier alpha value is -4.49. The van der Waals surface area contributed by atoms with Gasteiger partial charge in [0.15, 0.2) is 11.5 Å². The zero-order chi connectivity index (χ0) is 27.3. The molecule has 0 spiro atoms. The summed E-state index contributed by atoms with van der Waals surface area (Å²) in [6, 6.07) is 18.0. The van der Waals surface area contributed by atoms with Gasteiger partial charge in [0.05, 0.1) is 34.0 Å². The number of rotatable bonds is 9. The van der Waals surface area contributed by atoms with Crippen molar-refractivity contribution in [1.82, 2.24) is 9.99 Å². The molecule has 0 radical (unpaired) electrons. The number of benzene rings is 3. The molecule has 0 saturated heterocycles. The Balaban J connectivity index is 1.52. The van der Waals surface area contributed by atoms with E-state index in [1.165, 1.54) is 25.5 Å². The Morgan fingerprint density at radius 1 is 1.08 bits per heavy atom. The first-order valence-corrected chi connectivity index (χ1v) is 13.0. The predicted octanol–water partition coefficient (Wildman–Crippen LogP) is 4.69. The summed E-state index contributed by atoms with van der Waals surface area (Å²) in [4.78, 5) is 22.7. The second-order valence-electron chi connectivity index (χ2n) is 7.63. The van der Waals surface area contributed by atoms with Gasteiger partial charge in [-0.3, -0.25) is 14.9 Å². The van der Waals surface area contributed by atoms with E-state index in [1.807, 2.05) is 41.2 Å². The standard InChI is InChI=1S/C25H19BrN4O7S/c1-36-23-15-17(16-27-28-25(31)20-6-2-3-7-22(20)29-12-4-5-13-29)14-21(26)24(23)37-38(34,35)19-10-8-18(9-11-19)30(32)33/h2-16H,1H3,(H,28,31)/b27-16-. The van der Waals surface area contributed by atoms with Crippen molar-refractivity contribution in [3.8, 4) is 17.2 Å². The molecule has 194 valence electrons. The van der Waals surface area contributed by atoms with Crippen LogP contribution in [-0.4, -0.2) is 37.1 Å². The SMILES string of the molecule is COc1cc(/C=N\NC(=O)c2ccccc2-n2cccc2)cc(Br)c1OS(=O)(=O)c1ccc([N+](=O)[O-])cc1. The molecule has 38 heavy (non-hydrogen) atoms. The fourth-order valence-electron chi connectivity index (χ4n) is 3.40. The molecule has 0 bridgehead atoms. The topological polar surface area (TPSA) is 142 Å². The number of amides is 1. The van der Waals surface area contributed by atoms with Crippen LogP contribution < -0.4 is 14.3 Å². The second kappa shape index (κ2) is 11.3. The first kappa shape index (κ1) is 26.6. The molecule has 0 unspecified atom stereocenters. The largest absolute Gasteiger partial charge is 0.493 e. The van der Waals surface area contributed by atoms with Crippen LogP contribution in [0.1, 0.15) is 15.9 Å². The molecule has 0 aliphatic rings. The summed E-state index contributed by atoms with van der Waals surface area (Å²) < 4.78 is 38.1. The fraction of sp³-hybridized carbons (Fsp3) is 0.0400. The van der Waals surface area contributed by atoms with Gasteiger partial charge in [0, 0.05) is 24.5 Å². The predicted molar refractivity (Wildman–Crippen MR) is 142 cm³/mol. The highest BCUT2D eigenvalue weighted by atomic mass is 79.9. The molecular formula is C25H19BrN4O7S. The Kier molecular flexibility index (Phi) is 7.88. The minimum absolute atomic E-state index is 0.0654. The van der Waals surface area contributed by atoms with E-state index in [-0.39, 0.29) is 26.6 Å². The van der Waals surface area contributed by atoms with Crippen LogP contribution in [0.25, 0.3) is 5.69 Å². The van der Waals surface area contributed by atoms with E-state index in [0.717, 1.165) is 24.3 Å². The van der Waals surface area contributed by atoms with Gasteiger partial charge in [-0.15, -0.1) is 0 Å². The number of carbonyl (C=O) groups is 1. The third-order valence-electron chi connectivity index (χ3n) is 5.19. The van der Waals surface area contributed by atoms with E-state index in [2.05, 4.69) is 26.5 Å². The maximum absolute atomic E-state index is 12.7. The minimum atomic E-state index is -4.33. The van der Waals surface area contributed by atoms with Crippen molar-refractivity contribution < 1.29 is 27.1 Å². The number of hydrazone groups is 1. The van der Waals surface area contributed by atoms with Crippen molar-refractivity contribution in [2.45, 2.75) is 4.90 Å². The molecule has 13 heteroatoms. The Labute approximate surface area is 225 Å². The molecule has 1 aromatic heterocycles. The average molecular weight is 599 g/mol. The molecule has 0 fully saturated rings. The average Bonchev–Trinajstić information content (AvgIpc) is 3.45. The quantitative estimate of drug-likeness (QED) is 0.127. The summed E-state index contributed by atoms with van der Waals surface area (Å²) in [5.41, 5.74) is 3.79. The lowest BCUT2D eigenvalue weighted by Gasteiger charge is -2.13. The van der Waals surface area contributed by atoms with Gasteiger partial charge < -0.3 is 13.5 Å². The van der Waals surface area contributed by atoms with E-state index >= 15 is 0 Å². The Bertz CT molecular complexity index is 1620. The molecule has 1 heterocycles. The number of hydrogen-bond acceptors (Lipinski definition) is 8. The number of methoxy groups -OCH3 is 1. The van der Waals surface area contributed by atoms with Gasteiger partial charge in [-0.05, 0) is 70.0 Å². The van der Waals surface area contributed by atoms with E-state index in [0.29, 0.717) is 16.8 Å². The van der Waals surface area contributed by atoms with E-state index < -0.39 is 20.9 Å². The summed E-state index contributed by atoms with van der Waals surface area (Å²) in [6.45, 7) is 0. The lowest BCUT2D eigenvalue weighted by molar-refractivity contribution is -0.384. The molecule has 0 aliphatic heterocycles. The Morgan fingerprint density at radius 2 is 1.76 bits per heavy atom. The number of non-ortho nitro benzene ring substituents is 1. The van der Waals surface area contributed by atoms with Gasteiger partial charge >= 0.3 is 10.1 Å². The van der Waals surface area contributed by atoms with Crippen LogP contribution in [0.2, 0.25) is 0 Å². The van der Waals surface area contributed by atoms with Crippen LogP contribution in [0.3, 0.4) is 0 Å². The first-order chi connectivity index (χ1) is 18.2. The molecule has 0 aliphatic carbocycles. The summed E-state index contributed by atoms with van der Waals surface area (Å²) in [7, 11) is -3.00. The molecule has 4 rings (SSSR count). The van der Waals surface area contributed by atoms with Crippen molar-refractivity contribution in [3.63, 3.8) is 0 Å². The third kappa shape index (κ3) is 5.90. The number of nitrogens with zero attached hydrogens (tertiary/aromatic N) is 3. The molecular weight excluding hydrogens is 580 g/mol. The van der Waals surface area contributed by atoms with Crippen molar-refractivity contribution in [1.29, 1.82) is 0 Å². The normalized spacial score (nSPS) is 11.3. The van der Waals surface area contributed by atoms with Crippen molar-refractivity contribution in [3.05, 3.63) is 111 Å². The van der Waals surface area contributed by atoms with Crippen LogP contribution >= 0.6 is 15.9 Å². The highest BCUT2D eigenvalue weighted by molar-refractivity contribution is 9.10. The van der Waals surface area contributed by atoms with E-state index in [9.17, 15) is 23.3 Å². The Morgan fingerprint density at radius 3 is 2.42 bits per heavy atom. The monoisotopic (exact) mass is 598 g/mol. The first-order valence-electron chi connectivity index (χ1n) is 10.8. The van der Waals surface area contributed by atoms with Gasteiger partial charge in [0.1, 0.15) is 4.90 Å². The molecule has 4 aromatic rings. The third-order valence-corrected chi connectivity index (χ3v) is 7.02. The van der Waals surface area contributed by atoms with Gasteiger partial charge in [0.25, 0.3) is 11.6 Å². The highest BCUT2D eigenvalue weighted by Crippen LogP contribution is 2.38. The number of carbonyl (C=O) groups excluding carboxylic acids is 1. The van der Waals surface area contributed by atoms with Crippen LogP contribution in [-0.2, 0) is 10.1 Å².